The first-order chi connectivity index (χ1) is 13.4. The summed E-state index contributed by atoms with van der Waals surface area (Å²) in [6, 6.07) is 6.60. The standard InChI is InChI=1S/C20H21ClN2O5/c1-12(18(25)22-14-6-4-5-13(21)11-14)28-17(24)9-10-23-19(26)15-7-2-3-8-16(15)20(23)27/h2-6,11-12,15-16H,7-10H2,1H3,(H,22,25)/t12-,15+,16+/m0/s1. The molecule has 0 bridgehead atoms. The number of hydrogen-bond donors (Lipinski definition) is 1. The number of allylic oxidation sites excluding steroid dienone is 2. The van der Waals surface area contributed by atoms with E-state index >= 15 is 0 Å². The number of halogens is 1. The normalized spacial score (nSPS) is 22.0. The Bertz CT molecular complexity index is 812. The van der Waals surface area contributed by atoms with Crippen molar-refractivity contribution in [1.29, 1.82) is 0 Å². The molecule has 1 saturated heterocycles. The fraction of sp³-hybridized carbons (Fsp3) is 0.400. The zero-order chi connectivity index (χ0) is 20.3. The minimum absolute atomic E-state index is 0.0356. The summed E-state index contributed by atoms with van der Waals surface area (Å²) in [6.45, 7) is 1.41. The van der Waals surface area contributed by atoms with E-state index in [0.29, 0.717) is 23.6 Å². The summed E-state index contributed by atoms with van der Waals surface area (Å²) in [6.07, 6.45) is 3.74. The van der Waals surface area contributed by atoms with Gasteiger partial charge in [0.2, 0.25) is 11.8 Å². The first-order valence-corrected chi connectivity index (χ1v) is 9.50. The number of carbonyl (C=O) groups is 4. The number of fused-ring (bicyclic) bond motifs is 1. The van der Waals surface area contributed by atoms with Crippen LogP contribution < -0.4 is 5.32 Å². The van der Waals surface area contributed by atoms with Crippen LogP contribution in [0.3, 0.4) is 0 Å². The lowest BCUT2D eigenvalue weighted by molar-refractivity contribution is -0.154. The minimum atomic E-state index is -1.02. The van der Waals surface area contributed by atoms with Crippen molar-refractivity contribution in [3.63, 3.8) is 0 Å². The van der Waals surface area contributed by atoms with Gasteiger partial charge in [-0.05, 0) is 38.0 Å². The van der Waals surface area contributed by atoms with Crippen LogP contribution in [-0.4, -0.2) is 41.2 Å². The molecule has 0 unspecified atom stereocenters. The van der Waals surface area contributed by atoms with E-state index in [4.69, 9.17) is 16.3 Å². The second kappa shape index (κ2) is 8.56. The molecule has 1 aromatic carbocycles. The van der Waals surface area contributed by atoms with Crippen molar-refractivity contribution < 1.29 is 23.9 Å². The van der Waals surface area contributed by atoms with Crippen LogP contribution in [0.1, 0.15) is 26.2 Å². The molecule has 28 heavy (non-hydrogen) atoms. The maximum atomic E-state index is 12.4. The van der Waals surface area contributed by atoms with Gasteiger partial charge in [-0.1, -0.05) is 29.8 Å². The van der Waals surface area contributed by atoms with Crippen molar-refractivity contribution in [2.45, 2.75) is 32.3 Å². The second-order valence-corrected chi connectivity index (χ2v) is 7.30. The number of hydrogen-bond acceptors (Lipinski definition) is 5. The Morgan fingerprint density at radius 3 is 2.46 bits per heavy atom. The highest BCUT2D eigenvalue weighted by molar-refractivity contribution is 6.30. The Kier molecular flexibility index (Phi) is 6.14. The molecule has 7 nitrogen and oxygen atoms in total. The molecule has 1 aliphatic heterocycles. The number of rotatable bonds is 6. The molecular weight excluding hydrogens is 384 g/mol. The Labute approximate surface area is 167 Å². The summed E-state index contributed by atoms with van der Waals surface area (Å²) in [5.41, 5.74) is 0.491. The molecule has 1 aliphatic carbocycles. The smallest absolute Gasteiger partial charge is 0.308 e. The van der Waals surface area contributed by atoms with Gasteiger partial charge in [-0.2, -0.15) is 0 Å². The van der Waals surface area contributed by atoms with Gasteiger partial charge in [-0.25, -0.2) is 0 Å². The number of likely N-dealkylation sites (tertiary alicyclic amines) is 1. The van der Waals surface area contributed by atoms with Gasteiger partial charge in [0.25, 0.3) is 5.91 Å². The van der Waals surface area contributed by atoms with Crippen molar-refractivity contribution in [3.8, 4) is 0 Å². The van der Waals surface area contributed by atoms with E-state index < -0.39 is 18.0 Å². The molecule has 3 rings (SSSR count). The molecule has 3 amide bonds. The summed E-state index contributed by atoms with van der Waals surface area (Å²) in [4.78, 5) is 50.1. The molecule has 0 radical (unpaired) electrons. The molecule has 0 spiro atoms. The first-order valence-electron chi connectivity index (χ1n) is 9.13. The Morgan fingerprint density at radius 2 is 1.86 bits per heavy atom. The molecule has 8 heteroatoms. The van der Waals surface area contributed by atoms with Crippen LogP contribution in [0.25, 0.3) is 0 Å². The largest absolute Gasteiger partial charge is 0.452 e. The van der Waals surface area contributed by atoms with Gasteiger partial charge in [-0.15, -0.1) is 0 Å². The number of anilines is 1. The van der Waals surface area contributed by atoms with Crippen molar-refractivity contribution in [3.05, 3.63) is 41.4 Å². The van der Waals surface area contributed by atoms with E-state index in [0.717, 1.165) is 4.90 Å². The van der Waals surface area contributed by atoms with E-state index in [9.17, 15) is 19.2 Å². The zero-order valence-corrected chi connectivity index (χ0v) is 16.1. The minimum Gasteiger partial charge on any atom is -0.452 e. The van der Waals surface area contributed by atoms with E-state index in [1.165, 1.54) is 6.92 Å². The van der Waals surface area contributed by atoms with E-state index in [-0.39, 0.29) is 36.6 Å². The molecule has 1 heterocycles. The molecule has 2 aliphatic rings. The molecule has 0 aromatic heterocycles. The fourth-order valence-electron chi connectivity index (χ4n) is 3.41. The molecule has 3 atom stereocenters. The highest BCUT2D eigenvalue weighted by Crippen LogP contribution is 2.35. The molecule has 0 saturated carbocycles. The van der Waals surface area contributed by atoms with Crippen LogP contribution >= 0.6 is 11.6 Å². The van der Waals surface area contributed by atoms with Gasteiger partial charge < -0.3 is 10.1 Å². The topological polar surface area (TPSA) is 92.8 Å². The number of esters is 1. The molecule has 148 valence electrons. The quantitative estimate of drug-likeness (QED) is 0.447. The molecule has 1 N–H and O–H groups in total. The summed E-state index contributed by atoms with van der Waals surface area (Å²) in [7, 11) is 0. The number of amides is 3. The number of nitrogens with zero attached hydrogens (tertiary/aromatic N) is 1. The zero-order valence-electron chi connectivity index (χ0n) is 15.4. The van der Waals surface area contributed by atoms with Gasteiger partial charge >= 0.3 is 5.97 Å². The van der Waals surface area contributed by atoms with E-state index in [1.54, 1.807) is 24.3 Å². The van der Waals surface area contributed by atoms with Gasteiger partial charge in [-0.3, -0.25) is 24.1 Å². The highest BCUT2D eigenvalue weighted by atomic mass is 35.5. The number of ether oxygens (including phenoxy) is 1. The third-order valence-corrected chi connectivity index (χ3v) is 5.14. The second-order valence-electron chi connectivity index (χ2n) is 6.87. The van der Waals surface area contributed by atoms with Gasteiger partial charge in [0.05, 0.1) is 18.3 Å². The van der Waals surface area contributed by atoms with Crippen LogP contribution in [-0.2, 0) is 23.9 Å². The van der Waals surface area contributed by atoms with E-state index in [2.05, 4.69) is 5.32 Å². The Morgan fingerprint density at radius 1 is 1.21 bits per heavy atom. The summed E-state index contributed by atoms with van der Waals surface area (Å²) in [5.74, 6) is -2.27. The predicted octanol–water partition coefficient (Wildman–Crippen LogP) is 2.55. The number of carbonyl (C=O) groups excluding carboxylic acids is 4. The lowest BCUT2D eigenvalue weighted by Crippen LogP contribution is -2.35. The maximum absolute atomic E-state index is 12.4. The van der Waals surface area contributed by atoms with Crippen LogP contribution in [0.5, 0.6) is 0 Å². The van der Waals surface area contributed by atoms with Crippen LogP contribution in [0.15, 0.2) is 36.4 Å². The molecule has 1 fully saturated rings. The fourth-order valence-corrected chi connectivity index (χ4v) is 3.60. The van der Waals surface area contributed by atoms with Crippen LogP contribution in [0, 0.1) is 11.8 Å². The van der Waals surface area contributed by atoms with Gasteiger partial charge in [0.15, 0.2) is 6.10 Å². The van der Waals surface area contributed by atoms with Gasteiger partial charge in [0.1, 0.15) is 0 Å². The SMILES string of the molecule is C[C@H](OC(=O)CCN1C(=O)[C@@H]2CC=CC[C@H]2C1=O)C(=O)Nc1cccc(Cl)c1. The molecular formula is C20H21ClN2O5. The Hall–Kier alpha value is -2.67. The lowest BCUT2D eigenvalue weighted by Gasteiger charge is -2.16. The highest BCUT2D eigenvalue weighted by Gasteiger charge is 2.47. The van der Waals surface area contributed by atoms with Crippen molar-refractivity contribution >= 4 is 41.0 Å². The monoisotopic (exact) mass is 404 g/mol. The average molecular weight is 405 g/mol. The number of benzene rings is 1. The summed E-state index contributed by atoms with van der Waals surface area (Å²) < 4.78 is 5.12. The van der Waals surface area contributed by atoms with Gasteiger partial charge in [0, 0.05) is 17.3 Å². The first kappa shape index (κ1) is 20.1. The van der Waals surface area contributed by atoms with Crippen LogP contribution in [0.4, 0.5) is 5.69 Å². The number of nitrogens with one attached hydrogen (secondary N) is 1. The number of imide groups is 1. The van der Waals surface area contributed by atoms with Crippen molar-refractivity contribution in [1.82, 2.24) is 4.90 Å². The maximum Gasteiger partial charge on any atom is 0.308 e. The third-order valence-electron chi connectivity index (χ3n) is 4.91. The Balaban J connectivity index is 1.48. The van der Waals surface area contributed by atoms with E-state index in [1.807, 2.05) is 12.2 Å². The van der Waals surface area contributed by atoms with Crippen LogP contribution in [0.2, 0.25) is 5.02 Å². The van der Waals surface area contributed by atoms with Crippen molar-refractivity contribution in [2.75, 3.05) is 11.9 Å². The van der Waals surface area contributed by atoms with Crippen molar-refractivity contribution in [2.24, 2.45) is 11.8 Å². The summed E-state index contributed by atoms with van der Waals surface area (Å²) in [5, 5.41) is 3.08. The summed E-state index contributed by atoms with van der Waals surface area (Å²) >= 11 is 5.86. The lowest BCUT2D eigenvalue weighted by atomic mass is 9.85. The average Bonchev–Trinajstić information content (AvgIpc) is 2.91. The third kappa shape index (κ3) is 4.42. The molecule has 1 aromatic rings. The predicted molar refractivity (Wildman–Crippen MR) is 102 cm³/mol.